The first kappa shape index (κ1) is 24.8. The summed E-state index contributed by atoms with van der Waals surface area (Å²) >= 11 is 0. The number of nitrogens with one attached hydrogen (secondary N) is 1. The van der Waals surface area contributed by atoms with E-state index in [-0.39, 0.29) is 22.1 Å². The Hall–Kier alpha value is -3.82. The molecule has 0 bridgehead atoms. The van der Waals surface area contributed by atoms with E-state index >= 15 is 0 Å². The highest BCUT2D eigenvalue weighted by atomic mass is 19.4. The molecular formula is C24H22F3NO6. The predicted molar refractivity (Wildman–Crippen MR) is 117 cm³/mol. The number of rotatable bonds is 4. The molecule has 3 aromatic rings. The summed E-state index contributed by atoms with van der Waals surface area (Å²) in [6.07, 6.45) is -4.58. The van der Waals surface area contributed by atoms with Crippen LogP contribution in [0.1, 0.15) is 43.6 Å². The van der Waals surface area contributed by atoms with Crippen molar-refractivity contribution in [2.24, 2.45) is 0 Å². The van der Waals surface area contributed by atoms with Gasteiger partial charge in [-0.1, -0.05) is 24.3 Å². The molecule has 0 aliphatic heterocycles. The van der Waals surface area contributed by atoms with E-state index in [4.69, 9.17) is 9.15 Å². The van der Waals surface area contributed by atoms with Gasteiger partial charge in [0.15, 0.2) is 5.56 Å². The van der Waals surface area contributed by atoms with Gasteiger partial charge >= 0.3 is 17.8 Å². The van der Waals surface area contributed by atoms with E-state index in [0.717, 1.165) is 12.1 Å². The highest BCUT2D eigenvalue weighted by molar-refractivity contribution is 6.05. The number of alkyl halides is 3. The van der Waals surface area contributed by atoms with Gasteiger partial charge in [-0.25, -0.2) is 9.59 Å². The van der Waals surface area contributed by atoms with Gasteiger partial charge in [-0.3, -0.25) is 4.79 Å². The normalized spacial score (nSPS) is 12.9. The fraction of sp³-hybridized carbons (Fsp3) is 0.292. The number of aromatic hydroxyl groups is 1. The van der Waals surface area contributed by atoms with Crippen molar-refractivity contribution in [3.8, 4) is 16.9 Å². The highest BCUT2D eigenvalue weighted by Crippen LogP contribution is 2.36. The van der Waals surface area contributed by atoms with Crippen LogP contribution >= 0.6 is 0 Å². The lowest BCUT2D eigenvalue weighted by molar-refractivity contribution is -0.156. The van der Waals surface area contributed by atoms with Crippen LogP contribution in [-0.2, 0) is 15.7 Å². The zero-order valence-corrected chi connectivity index (χ0v) is 18.7. The van der Waals surface area contributed by atoms with Gasteiger partial charge in [0.1, 0.15) is 23.0 Å². The molecule has 1 aromatic heterocycles. The van der Waals surface area contributed by atoms with Crippen molar-refractivity contribution in [1.82, 2.24) is 5.32 Å². The van der Waals surface area contributed by atoms with E-state index in [9.17, 15) is 32.7 Å². The first-order valence-electron chi connectivity index (χ1n) is 10.2. The number of hydrogen-bond acceptors (Lipinski definition) is 6. The van der Waals surface area contributed by atoms with Gasteiger partial charge in [0.2, 0.25) is 0 Å². The van der Waals surface area contributed by atoms with Gasteiger partial charge in [-0.05, 0) is 51.5 Å². The molecule has 0 spiro atoms. The van der Waals surface area contributed by atoms with Crippen LogP contribution in [0.4, 0.5) is 13.2 Å². The summed E-state index contributed by atoms with van der Waals surface area (Å²) in [6, 6.07) is 7.44. The van der Waals surface area contributed by atoms with Crippen LogP contribution in [0.2, 0.25) is 0 Å². The molecule has 0 aliphatic rings. The lowest BCUT2D eigenvalue weighted by atomic mass is 9.99. The maximum absolute atomic E-state index is 13.1. The van der Waals surface area contributed by atoms with Crippen LogP contribution in [0.3, 0.4) is 0 Å². The molecule has 1 atom stereocenters. The number of esters is 1. The van der Waals surface area contributed by atoms with E-state index in [2.05, 4.69) is 5.32 Å². The van der Waals surface area contributed by atoms with E-state index in [1.165, 1.54) is 37.3 Å². The number of hydrogen-bond donors (Lipinski definition) is 2. The van der Waals surface area contributed by atoms with Gasteiger partial charge < -0.3 is 19.6 Å². The maximum Gasteiger partial charge on any atom is 0.416 e. The number of ether oxygens (including phenoxy) is 1. The van der Waals surface area contributed by atoms with Crippen molar-refractivity contribution in [2.45, 2.75) is 45.5 Å². The molecule has 3 rings (SSSR count). The van der Waals surface area contributed by atoms with E-state index in [1.54, 1.807) is 20.8 Å². The minimum absolute atomic E-state index is 0.0652. The van der Waals surface area contributed by atoms with Crippen molar-refractivity contribution in [2.75, 3.05) is 0 Å². The Morgan fingerprint density at radius 1 is 1.09 bits per heavy atom. The molecule has 7 nitrogen and oxygen atoms in total. The predicted octanol–water partition coefficient (Wildman–Crippen LogP) is 4.64. The SMILES string of the molecule is C[C@H](NC(=O)c1c(O)c2cccc(-c3cccc(C(F)(F)F)c3)c2oc1=O)C(=O)OC(C)(C)C. The van der Waals surface area contributed by atoms with Crippen molar-refractivity contribution < 1.29 is 37.0 Å². The fourth-order valence-corrected chi connectivity index (χ4v) is 3.22. The lowest BCUT2D eigenvalue weighted by Crippen LogP contribution is -2.43. The first-order valence-corrected chi connectivity index (χ1v) is 10.2. The monoisotopic (exact) mass is 477 g/mol. The first-order chi connectivity index (χ1) is 15.7. The highest BCUT2D eigenvalue weighted by Gasteiger charge is 2.31. The zero-order valence-electron chi connectivity index (χ0n) is 18.7. The third kappa shape index (κ3) is 5.22. The van der Waals surface area contributed by atoms with E-state index in [1.807, 2.05) is 0 Å². The molecule has 0 radical (unpaired) electrons. The molecule has 10 heteroatoms. The van der Waals surface area contributed by atoms with Crippen LogP contribution in [0.5, 0.6) is 5.75 Å². The summed E-state index contributed by atoms with van der Waals surface area (Å²) in [5.41, 5.74) is -3.66. The van der Waals surface area contributed by atoms with Crippen molar-refractivity contribution in [1.29, 1.82) is 0 Å². The van der Waals surface area contributed by atoms with Crippen molar-refractivity contribution in [3.63, 3.8) is 0 Å². The smallest absolute Gasteiger partial charge is 0.416 e. The van der Waals surface area contributed by atoms with Crippen LogP contribution < -0.4 is 10.9 Å². The lowest BCUT2D eigenvalue weighted by Gasteiger charge is -2.22. The second-order valence-electron chi connectivity index (χ2n) is 8.60. The van der Waals surface area contributed by atoms with Crippen molar-refractivity contribution in [3.05, 3.63) is 64.0 Å². The van der Waals surface area contributed by atoms with Crippen LogP contribution in [-0.4, -0.2) is 28.6 Å². The molecule has 1 heterocycles. The molecule has 1 amide bonds. The number of para-hydroxylation sites is 1. The molecular weight excluding hydrogens is 455 g/mol. The summed E-state index contributed by atoms with van der Waals surface area (Å²) in [7, 11) is 0. The van der Waals surface area contributed by atoms with Gasteiger partial charge in [0, 0.05) is 5.56 Å². The molecule has 0 fully saturated rings. The van der Waals surface area contributed by atoms with Gasteiger partial charge in [0.05, 0.1) is 10.9 Å². The standard InChI is InChI=1S/C24H22F3NO6/c1-12(21(31)34-23(2,3)4)28-20(30)17-18(29)16-10-6-9-15(19(16)33-22(17)32)13-7-5-8-14(11-13)24(25,26)27/h5-12,29H,1-4H3,(H,28,30)/t12-/m0/s1. The molecule has 0 saturated heterocycles. The summed E-state index contributed by atoms with van der Waals surface area (Å²) in [5, 5.41) is 12.9. The van der Waals surface area contributed by atoms with E-state index in [0.29, 0.717) is 0 Å². The topological polar surface area (TPSA) is 106 Å². The van der Waals surface area contributed by atoms with Crippen LogP contribution in [0.15, 0.2) is 51.7 Å². The number of carbonyl (C=O) groups is 2. The summed E-state index contributed by atoms with van der Waals surface area (Å²) in [6.45, 7) is 6.28. The minimum atomic E-state index is -4.58. The van der Waals surface area contributed by atoms with Gasteiger partial charge in [-0.15, -0.1) is 0 Å². The third-order valence-corrected chi connectivity index (χ3v) is 4.74. The zero-order chi connectivity index (χ0) is 25.4. The second-order valence-corrected chi connectivity index (χ2v) is 8.60. The number of fused-ring (bicyclic) bond motifs is 1. The molecule has 0 aliphatic carbocycles. The molecule has 0 saturated carbocycles. The third-order valence-electron chi connectivity index (χ3n) is 4.74. The van der Waals surface area contributed by atoms with Gasteiger partial charge in [-0.2, -0.15) is 13.2 Å². The Bertz CT molecular complexity index is 1320. The number of carbonyl (C=O) groups excluding carboxylic acids is 2. The quantitative estimate of drug-likeness (QED) is 0.419. The largest absolute Gasteiger partial charge is 0.506 e. The number of halogens is 3. The second kappa shape index (κ2) is 8.85. The molecule has 180 valence electrons. The summed E-state index contributed by atoms with van der Waals surface area (Å²) < 4.78 is 49.8. The Morgan fingerprint density at radius 2 is 1.74 bits per heavy atom. The van der Waals surface area contributed by atoms with E-state index < -0.39 is 52.2 Å². The van der Waals surface area contributed by atoms with Crippen molar-refractivity contribution >= 4 is 22.8 Å². The Morgan fingerprint density at radius 3 is 2.35 bits per heavy atom. The summed E-state index contributed by atoms with van der Waals surface area (Å²) in [4.78, 5) is 37.4. The van der Waals surface area contributed by atoms with Gasteiger partial charge in [0.25, 0.3) is 5.91 Å². The Labute approximate surface area is 192 Å². The fourth-order valence-electron chi connectivity index (χ4n) is 3.22. The molecule has 34 heavy (non-hydrogen) atoms. The van der Waals surface area contributed by atoms with Crippen LogP contribution in [0.25, 0.3) is 22.1 Å². The summed E-state index contributed by atoms with van der Waals surface area (Å²) in [5.74, 6) is -2.55. The number of benzene rings is 2. The Balaban J connectivity index is 2.03. The maximum atomic E-state index is 13.1. The van der Waals surface area contributed by atoms with Crippen LogP contribution in [0, 0.1) is 0 Å². The number of amides is 1. The molecule has 2 aromatic carbocycles. The average molecular weight is 477 g/mol. The Kier molecular flexibility index (Phi) is 6.46. The molecule has 0 unspecified atom stereocenters. The molecule has 2 N–H and O–H groups in total. The average Bonchev–Trinajstić information content (AvgIpc) is 2.71. The minimum Gasteiger partial charge on any atom is -0.506 e.